The first kappa shape index (κ1) is 14.6. The second kappa shape index (κ2) is 5.60. The highest BCUT2D eigenvalue weighted by molar-refractivity contribution is 5.95. The molecule has 3 aromatic rings. The summed E-state index contributed by atoms with van der Waals surface area (Å²) in [7, 11) is 0. The largest absolute Gasteiger partial charge is 0.310 e. The summed E-state index contributed by atoms with van der Waals surface area (Å²) in [5, 5.41) is 5.75. The van der Waals surface area contributed by atoms with E-state index in [1.54, 1.807) is 11.0 Å². The van der Waals surface area contributed by atoms with E-state index in [-0.39, 0.29) is 18.0 Å². The Balaban J connectivity index is 1.69. The van der Waals surface area contributed by atoms with E-state index in [9.17, 15) is 9.59 Å². The quantitative estimate of drug-likeness (QED) is 0.728. The van der Waals surface area contributed by atoms with Gasteiger partial charge in [-0.25, -0.2) is 4.68 Å². The van der Waals surface area contributed by atoms with E-state index in [0.29, 0.717) is 11.9 Å². The van der Waals surface area contributed by atoms with Crippen molar-refractivity contribution in [3.8, 4) is 0 Å². The molecule has 0 aliphatic carbocycles. The number of fused-ring (bicyclic) bond motifs is 2. The van der Waals surface area contributed by atoms with Gasteiger partial charge in [-0.15, -0.1) is 0 Å². The molecule has 0 unspecified atom stereocenters. The third-order valence-electron chi connectivity index (χ3n) is 4.53. The van der Waals surface area contributed by atoms with Crippen LogP contribution in [-0.4, -0.2) is 22.2 Å². The molecule has 0 bridgehead atoms. The molecule has 0 fully saturated rings. The molecule has 5 heteroatoms. The monoisotopic (exact) mass is 319 g/mol. The topological polar surface area (TPSA) is 55.2 Å². The number of hydrogen-bond acceptors (Lipinski definition) is 3. The summed E-state index contributed by atoms with van der Waals surface area (Å²) < 4.78 is 1.28. The normalized spacial score (nSPS) is 13.3. The molecular weight excluding hydrogens is 302 g/mol. The summed E-state index contributed by atoms with van der Waals surface area (Å²) in [4.78, 5) is 27.1. The second-order valence-corrected chi connectivity index (χ2v) is 6.02. The fourth-order valence-electron chi connectivity index (χ4n) is 3.32. The Hall–Kier alpha value is -2.95. The van der Waals surface area contributed by atoms with Crippen LogP contribution in [0, 0.1) is 6.92 Å². The van der Waals surface area contributed by atoms with Crippen LogP contribution in [0.15, 0.2) is 53.3 Å². The predicted octanol–water partition coefficient (Wildman–Crippen LogP) is 2.29. The molecule has 1 aliphatic rings. The van der Waals surface area contributed by atoms with Crippen LogP contribution in [0.5, 0.6) is 0 Å². The minimum absolute atomic E-state index is 0.0428. The lowest BCUT2D eigenvalue weighted by molar-refractivity contribution is -0.119. The molecule has 4 rings (SSSR count). The van der Waals surface area contributed by atoms with Gasteiger partial charge in [0.15, 0.2) is 0 Å². The van der Waals surface area contributed by atoms with Crippen molar-refractivity contribution in [1.82, 2.24) is 9.78 Å². The van der Waals surface area contributed by atoms with Gasteiger partial charge in [-0.2, -0.15) is 5.10 Å². The molecule has 2 aromatic carbocycles. The van der Waals surface area contributed by atoms with Gasteiger partial charge in [0.2, 0.25) is 5.91 Å². The number of carbonyl (C=O) groups is 1. The van der Waals surface area contributed by atoms with E-state index in [0.717, 1.165) is 23.2 Å². The van der Waals surface area contributed by atoms with Crippen LogP contribution in [0.2, 0.25) is 0 Å². The predicted molar refractivity (Wildman–Crippen MR) is 93.2 cm³/mol. The average Bonchev–Trinajstić information content (AvgIpc) is 3.03. The van der Waals surface area contributed by atoms with Gasteiger partial charge in [0.05, 0.1) is 11.1 Å². The lowest BCUT2D eigenvalue weighted by Crippen LogP contribution is -2.36. The molecule has 1 aromatic heterocycles. The maximum Gasteiger partial charge on any atom is 0.275 e. The first-order chi connectivity index (χ1) is 11.6. The Bertz CT molecular complexity index is 1010. The Morgan fingerprint density at radius 2 is 1.79 bits per heavy atom. The van der Waals surface area contributed by atoms with Crippen LogP contribution in [0.4, 0.5) is 5.69 Å². The van der Waals surface area contributed by atoms with Crippen molar-refractivity contribution in [2.75, 3.05) is 11.4 Å². The molecule has 0 saturated heterocycles. The number of aryl methyl sites for hydroxylation is 1. The number of rotatable bonds is 2. The van der Waals surface area contributed by atoms with Crippen LogP contribution >= 0.6 is 0 Å². The van der Waals surface area contributed by atoms with E-state index < -0.39 is 0 Å². The summed E-state index contributed by atoms with van der Waals surface area (Å²) in [6.45, 7) is 2.46. The van der Waals surface area contributed by atoms with E-state index in [4.69, 9.17) is 0 Å². The fraction of sp³-hybridized carbons (Fsp3) is 0.211. The number of benzene rings is 2. The number of carbonyl (C=O) groups excluding carboxylic acids is 1. The number of para-hydroxylation sites is 1. The molecule has 0 radical (unpaired) electrons. The van der Waals surface area contributed by atoms with E-state index in [2.05, 4.69) is 5.10 Å². The molecule has 120 valence electrons. The standard InChI is InChI=1S/C19H17N3O2/c1-13-15-7-3-4-8-16(15)19(24)22(20-13)12-18(23)21-11-10-14-6-2-5-9-17(14)21/h2-9H,10-12H2,1H3. The number of amides is 1. The summed E-state index contributed by atoms with van der Waals surface area (Å²) in [5.74, 6) is -0.107. The summed E-state index contributed by atoms with van der Waals surface area (Å²) in [6, 6.07) is 15.2. The van der Waals surface area contributed by atoms with E-state index in [1.165, 1.54) is 10.2 Å². The van der Waals surface area contributed by atoms with Gasteiger partial charge < -0.3 is 4.90 Å². The summed E-state index contributed by atoms with van der Waals surface area (Å²) >= 11 is 0. The molecule has 0 saturated carbocycles. The molecule has 24 heavy (non-hydrogen) atoms. The van der Waals surface area contributed by atoms with Gasteiger partial charge in [0.25, 0.3) is 5.56 Å². The number of aromatic nitrogens is 2. The molecule has 1 amide bonds. The van der Waals surface area contributed by atoms with E-state index in [1.807, 2.05) is 49.4 Å². The van der Waals surface area contributed by atoms with Crippen molar-refractivity contribution in [2.24, 2.45) is 0 Å². The highest BCUT2D eigenvalue weighted by Crippen LogP contribution is 2.27. The zero-order valence-electron chi connectivity index (χ0n) is 13.4. The molecule has 0 N–H and O–H groups in total. The highest BCUT2D eigenvalue weighted by atomic mass is 16.2. The maximum atomic E-state index is 12.7. The molecule has 0 atom stereocenters. The van der Waals surface area contributed by atoms with Crippen molar-refractivity contribution in [3.05, 3.63) is 70.1 Å². The summed E-state index contributed by atoms with van der Waals surface area (Å²) in [6.07, 6.45) is 0.848. The molecule has 1 aliphatic heterocycles. The van der Waals surface area contributed by atoms with Crippen molar-refractivity contribution >= 4 is 22.4 Å². The average molecular weight is 319 g/mol. The smallest absolute Gasteiger partial charge is 0.275 e. The van der Waals surface area contributed by atoms with Gasteiger partial charge in [0, 0.05) is 17.6 Å². The Labute approximate surface area is 139 Å². The SMILES string of the molecule is Cc1nn(CC(=O)N2CCc3ccccc32)c(=O)c2ccccc12. The maximum absolute atomic E-state index is 12.7. The fourth-order valence-corrected chi connectivity index (χ4v) is 3.32. The Morgan fingerprint density at radius 3 is 2.62 bits per heavy atom. The van der Waals surface area contributed by atoms with Gasteiger partial charge in [-0.3, -0.25) is 9.59 Å². The van der Waals surface area contributed by atoms with Gasteiger partial charge >= 0.3 is 0 Å². The van der Waals surface area contributed by atoms with E-state index >= 15 is 0 Å². The third-order valence-corrected chi connectivity index (χ3v) is 4.53. The van der Waals surface area contributed by atoms with Crippen LogP contribution in [0.1, 0.15) is 11.3 Å². The van der Waals surface area contributed by atoms with Gasteiger partial charge in [0.1, 0.15) is 6.54 Å². The first-order valence-corrected chi connectivity index (χ1v) is 8.00. The number of anilines is 1. The van der Waals surface area contributed by atoms with Crippen LogP contribution in [0.3, 0.4) is 0 Å². The van der Waals surface area contributed by atoms with Crippen LogP contribution in [-0.2, 0) is 17.8 Å². The summed E-state index contributed by atoms with van der Waals surface area (Å²) in [5.41, 5.74) is 2.63. The van der Waals surface area contributed by atoms with Crippen molar-refractivity contribution in [3.63, 3.8) is 0 Å². The zero-order valence-corrected chi connectivity index (χ0v) is 13.4. The lowest BCUT2D eigenvalue weighted by atomic mass is 10.1. The van der Waals surface area contributed by atoms with Crippen molar-refractivity contribution in [1.29, 1.82) is 0 Å². The minimum Gasteiger partial charge on any atom is -0.310 e. The lowest BCUT2D eigenvalue weighted by Gasteiger charge is -2.18. The van der Waals surface area contributed by atoms with Crippen LogP contribution in [0.25, 0.3) is 10.8 Å². The number of nitrogens with zero attached hydrogens (tertiary/aromatic N) is 3. The Kier molecular flexibility index (Phi) is 3.41. The minimum atomic E-state index is -0.225. The number of hydrogen-bond donors (Lipinski definition) is 0. The van der Waals surface area contributed by atoms with Crippen LogP contribution < -0.4 is 10.5 Å². The molecule has 0 spiro atoms. The second-order valence-electron chi connectivity index (χ2n) is 6.02. The third kappa shape index (κ3) is 2.29. The van der Waals surface area contributed by atoms with Gasteiger partial charge in [-0.1, -0.05) is 36.4 Å². The highest BCUT2D eigenvalue weighted by Gasteiger charge is 2.24. The van der Waals surface area contributed by atoms with Crippen molar-refractivity contribution < 1.29 is 4.79 Å². The van der Waals surface area contributed by atoms with Gasteiger partial charge in [-0.05, 0) is 31.0 Å². The van der Waals surface area contributed by atoms with Crippen molar-refractivity contribution in [2.45, 2.75) is 19.9 Å². The molecule has 2 heterocycles. The molecular formula is C19H17N3O2. The Morgan fingerprint density at radius 1 is 1.08 bits per heavy atom. The zero-order chi connectivity index (χ0) is 16.7. The first-order valence-electron chi connectivity index (χ1n) is 8.00. The molecule has 5 nitrogen and oxygen atoms in total.